The zero-order valence-corrected chi connectivity index (χ0v) is 12.7. The zero-order chi connectivity index (χ0) is 13.1. The summed E-state index contributed by atoms with van der Waals surface area (Å²) in [6.07, 6.45) is 1.68. The number of nitrogens with zero attached hydrogens (tertiary/aromatic N) is 3. The van der Waals surface area contributed by atoms with Crippen molar-refractivity contribution in [1.82, 2.24) is 14.7 Å². The number of halogens is 1. The van der Waals surface area contributed by atoms with Crippen LogP contribution < -0.4 is 0 Å². The first-order valence-electron chi connectivity index (χ1n) is 5.52. The van der Waals surface area contributed by atoms with Crippen LogP contribution in [0, 0.1) is 0 Å². The molecule has 0 bridgehead atoms. The molecule has 0 aliphatic carbocycles. The van der Waals surface area contributed by atoms with Crippen LogP contribution in [0.2, 0.25) is 0 Å². The molecule has 0 fully saturated rings. The van der Waals surface area contributed by atoms with Crippen LogP contribution in [0.3, 0.4) is 0 Å². The first kappa shape index (κ1) is 13.5. The molecule has 4 nitrogen and oxygen atoms in total. The highest BCUT2D eigenvalue weighted by molar-refractivity contribution is 9.10. The van der Waals surface area contributed by atoms with Gasteiger partial charge in [-0.05, 0) is 41.5 Å². The number of ketones is 1. The van der Waals surface area contributed by atoms with Gasteiger partial charge < -0.3 is 4.90 Å². The maximum absolute atomic E-state index is 12.4. The highest BCUT2D eigenvalue weighted by Crippen LogP contribution is 2.21. The van der Waals surface area contributed by atoms with Gasteiger partial charge in [-0.15, -0.1) is 0 Å². The molecule has 0 aromatic carbocycles. The summed E-state index contributed by atoms with van der Waals surface area (Å²) in [4.78, 5) is 14.4. The van der Waals surface area contributed by atoms with Gasteiger partial charge in [0.1, 0.15) is 5.69 Å². The minimum atomic E-state index is 0.0133. The second kappa shape index (κ2) is 5.77. The lowest BCUT2D eigenvalue weighted by molar-refractivity contribution is 0.102. The van der Waals surface area contributed by atoms with Gasteiger partial charge in [-0.2, -0.15) is 16.4 Å². The Kier molecular flexibility index (Phi) is 4.31. The fourth-order valence-corrected chi connectivity index (χ4v) is 2.70. The first-order valence-corrected chi connectivity index (χ1v) is 7.26. The summed E-state index contributed by atoms with van der Waals surface area (Å²) < 4.78 is 2.50. The lowest BCUT2D eigenvalue weighted by Gasteiger charge is -2.11. The Hall–Kier alpha value is -0.980. The van der Waals surface area contributed by atoms with Crippen molar-refractivity contribution < 1.29 is 4.79 Å². The van der Waals surface area contributed by atoms with Crippen LogP contribution in [0.25, 0.3) is 0 Å². The fraction of sp³-hybridized carbons (Fsp3) is 0.333. The molecule has 0 atom stereocenters. The Morgan fingerprint density at radius 3 is 2.94 bits per heavy atom. The third-order valence-electron chi connectivity index (χ3n) is 2.55. The van der Waals surface area contributed by atoms with Crippen LogP contribution >= 0.6 is 27.3 Å². The summed E-state index contributed by atoms with van der Waals surface area (Å²) in [7, 11) is 4.00. The number of carbonyl (C=O) groups is 1. The molecule has 0 radical (unpaired) electrons. The second-order valence-corrected chi connectivity index (χ2v) is 5.84. The molecule has 0 unspecified atom stereocenters. The molecule has 0 aliphatic rings. The van der Waals surface area contributed by atoms with E-state index in [0.717, 1.165) is 11.0 Å². The number of hydrogen-bond donors (Lipinski definition) is 0. The normalized spacial score (nSPS) is 11.1. The van der Waals surface area contributed by atoms with Gasteiger partial charge >= 0.3 is 0 Å². The van der Waals surface area contributed by atoms with E-state index in [1.165, 1.54) is 11.3 Å². The second-order valence-electron chi connectivity index (χ2n) is 4.21. The van der Waals surface area contributed by atoms with Crippen LogP contribution in [-0.2, 0) is 6.54 Å². The van der Waals surface area contributed by atoms with Crippen LogP contribution in [0.15, 0.2) is 27.5 Å². The standard InChI is InChI=1S/C12H14BrN3OS/c1-15(2)4-5-16-11(10(13)7-14-16)12(17)9-3-6-18-8-9/h3,6-8H,4-5H2,1-2H3. The minimum Gasteiger partial charge on any atom is -0.308 e. The van der Waals surface area contributed by atoms with E-state index in [4.69, 9.17) is 0 Å². The quantitative estimate of drug-likeness (QED) is 0.792. The van der Waals surface area contributed by atoms with Crippen molar-refractivity contribution in [3.63, 3.8) is 0 Å². The van der Waals surface area contributed by atoms with Gasteiger partial charge in [-0.25, -0.2) is 0 Å². The zero-order valence-electron chi connectivity index (χ0n) is 10.3. The van der Waals surface area contributed by atoms with Crippen LogP contribution in [0.1, 0.15) is 16.1 Å². The molecule has 96 valence electrons. The molecule has 18 heavy (non-hydrogen) atoms. The predicted molar refractivity (Wildman–Crippen MR) is 76.2 cm³/mol. The van der Waals surface area contributed by atoms with Crippen LogP contribution in [0.4, 0.5) is 0 Å². The topological polar surface area (TPSA) is 38.1 Å². The average molecular weight is 328 g/mol. The lowest BCUT2D eigenvalue weighted by atomic mass is 10.1. The van der Waals surface area contributed by atoms with Gasteiger partial charge in [0.2, 0.25) is 5.78 Å². The van der Waals surface area contributed by atoms with E-state index in [2.05, 4.69) is 25.9 Å². The SMILES string of the molecule is CN(C)CCn1ncc(Br)c1C(=O)c1ccsc1. The van der Waals surface area contributed by atoms with Gasteiger partial charge in [-0.3, -0.25) is 9.48 Å². The van der Waals surface area contributed by atoms with E-state index in [9.17, 15) is 4.79 Å². The third kappa shape index (κ3) is 2.88. The van der Waals surface area contributed by atoms with Gasteiger partial charge in [0.15, 0.2) is 0 Å². The first-order chi connectivity index (χ1) is 8.59. The largest absolute Gasteiger partial charge is 0.308 e. The van der Waals surface area contributed by atoms with Gasteiger partial charge in [-0.1, -0.05) is 0 Å². The maximum Gasteiger partial charge on any atom is 0.213 e. The number of rotatable bonds is 5. The van der Waals surface area contributed by atoms with Crippen molar-refractivity contribution >= 4 is 33.0 Å². The summed E-state index contributed by atoms with van der Waals surface area (Å²) in [5.74, 6) is 0.0133. The van der Waals surface area contributed by atoms with E-state index in [1.807, 2.05) is 30.9 Å². The molecule has 0 saturated carbocycles. The van der Waals surface area contributed by atoms with Gasteiger partial charge in [0.25, 0.3) is 0 Å². The summed E-state index contributed by atoms with van der Waals surface area (Å²) in [5, 5.41) is 8.01. The van der Waals surface area contributed by atoms with Crippen molar-refractivity contribution in [3.8, 4) is 0 Å². The lowest BCUT2D eigenvalue weighted by Crippen LogP contribution is -2.21. The molecule has 0 spiro atoms. The molecule has 6 heteroatoms. The molecule has 0 saturated heterocycles. The molecule has 0 aliphatic heterocycles. The molecule has 2 aromatic rings. The van der Waals surface area contributed by atoms with Crippen LogP contribution in [-0.4, -0.2) is 41.1 Å². The number of thiophene rings is 1. The monoisotopic (exact) mass is 327 g/mol. The van der Waals surface area contributed by atoms with E-state index < -0.39 is 0 Å². The average Bonchev–Trinajstić information content (AvgIpc) is 2.94. The molecule has 2 heterocycles. The Morgan fingerprint density at radius 1 is 1.56 bits per heavy atom. The maximum atomic E-state index is 12.4. The van der Waals surface area contributed by atoms with Crippen LogP contribution in [0.5, 0.6) is 0 Å². The predicted octanol–water partition coefficient (Wildman–Crippen LogP) is 2.50. The van der Waals surface area contributed by atoms with E-state index in [0.29, 0.717) is 17.8 Å². The van der Waals surface area contributed by atoms with Crippen molar-refractivity contribution in [3.05, 3.63) is 38.8 Å². The number of likely N-dealkylation sites (N-methyl/N-ethyl adjacent to an activating group) is 1. The molecule has 0 amide bonds. The molecule has 2 rings (SSSR count). The molecular weight excluding hydrogens is 314 g/mol. The van der Waals surface area contributed by atoms with Crippen molar-refractivity contribution in [2.24, 2.45) is 0 Å². The summed E-state index contributed by atoms with van der Waals surface area (Å²) >= 11 is 4.92. The highest BCUT2D eigenvalue weighted by atomic mass is 79.9. The van der Waals surface area contributed by atoms with Gasteiger partial charge in [0, 0.05) is 17.5 Å². The third-order valence-corrected chi connectivity index (χ3v) is 3.82. The van der Waals surface area contributed by atoms with E-state index in [-0.39, 0.29) is 5.78 Å². The molecule has 0 N–H and O–H groups in total. The summed E-state index contributed by atoms with van der Waals surface area (Å²) in [6.45, 7) is 1.54. The number of aromatic nitrogens is 2. The van der Waals surface area contributed by atoms with Gasteiger partial charge in [0.05, 0.1) is 17.2 Å². The molecule has 2 aromatic heterocycles. The molecular formula is C12H14BrN3OS. The van der Waals surface area contributed by atoms with Crippen molar-refractivity contribution in [1.29, 1.82) is 0 Å². The van der Waals surface area contributed by atoms with Crippen molar-refractivity contribution in [2.75, 3.05) is 20.6 Å². The fourth-order valence-electron chi connectivity index (χ4n) is 1.58. The Morgan fingerprint density at radius 2 is 2.33 bits per heavy atom. The van der Waals surface area contributed by atoms with Crippen molar-refractivity contribution in [2.45, 2.75) is 6.54 Å². The smallest absolute Gasteiger partial charge is 0.213 e. The Bertz CT molecular complexity index is 534. The minimum absolute atomic E-state index is 0.0133. The highest BCUT2D eigenvalue weighted by Gasteiger charge is 2.19. The van der Waals surface area contributed by atoms with E-state index in [1.54, 1.807) is 10.9 Å². The summed E-state index contributed by atoms with van der Waals surface area (Å²) in [6, 6.07) is 1.84. The number of hydrogen-bond acceptors (Lipinski definition) is 4. The number of carbonyl (C=O) groups excluding carboxylic acids is 1. The van der Waals surface area contributed by atoms with E-state index >= 15 is 0 Å². The summed E-state index contributed by atoms with van der Waals surface area (Å²) in [5.41, 5.74) is 1.34. The Balaban J connectivity index is 2.26. The Labute approximate surface area is 118 Å².